The fourth-order valence-corrected chi connectivity index (χ4v) is 0.817. The van der Waals surface area contributed by atoms with E-state index in [-0.39, 0.29) is 6.01 Å². The van der Waals surface area contributed by atoms with Crippen LogP contribution in [-0.4, -0.2) is 42.4 Å². The van der Waals surface area contributed by atoms with Crippen LogP contribution in [0.5, 0.6) is 6.01 Å². The highest BCUT2D eigenvalue weighted by Crippen LogP contribution is 2.08. The Morgan fingerprint density at radius 2 is 2.36 bits per heavy atom. The number of tetrazole rings is 1. The Kier molecular flexibility index (Phi) is 2.21. The molecule has 0 radical (unpaired) electrons. The van der Waals surface area contributed by atoms with Crippen LogP contribution >= 0.6 is 0 Å². The maximum atomic E-state index is 5.05. The predicted octanol–water partition coefficient (Wildman–Crippen LogP) is -0.540. The summed E-state index contributed by atoms with van der Waals surface area (Å²) in [5.74, 6) is 0.707. The number of H-pyrrole nitrogens is 2. The quantitative estimate of drug-likeness (QED) is 0.601. The maximum absolute atomic E-state index is 5.05. The molecule has 0 aliphatic heterocycles. The van der Waals surface area contributed by atoms with Crippen molar-refractivity contribution in [3.8, 4) is 6.01 Å². The molecule has 0 aliphatic rings. The maximum Gasteiger partial charge on any atom is 0.337 e. The van der Waals surface area contributed by atoms with Crippen molar-refractivity contribution in [3.63, 3.8) is 0 Å². The molecule has 0 aliphatic carbocycles. The molecular formula is C5H8N8O. The van der Waals surface area contributed by atoms with Crippen molar-refractivity contribution in [2.75, 3.05) is 11.9 Å². The van der Waals surface area contributed by atoms with Gasteiger partial charge >= 0.3 is 6.01 Å². The Balaban J connectivity index is 2.03. The van der Waals surface area contributed by atoms with Crippen LogP contribution in [0.1, 0.15) is 6.92 Å². The van der Waals surface area contributed by atoms with Gasteiger partial charge in [0.15, 0.2) is 0 Å². The first-order valence-electron chi connectivity index (χ1n) is 3.94. The molecule has 9 heteroatoms. The fourth-order valence-electron chi connectivity index (χ4n) is 0.817. The van der Waals surface area contributed by atoms with Gasteiger partial charge in [0.05, 0.1) is 6.61 Å². The molecule has 0 spiro atoms. The lowest BCUT2D eigenvalue weighted by molar-refractivity contribution is 0.314. The zero-order valence-electron chi connectivity index (χ0n) is 7.35. The van der Waals surface area contributed by atoms with Crippen molar-refractivity contribution < 1.29 is 4.74 Å². The van der Waals surface area contributed by atoms with Crippen LogP contribution in [0.2, 0.25) is 0 Å². The normalized spacial score (nSPS) is 10.1. The lowest BCUT2D eigenvalue weighted by atomic mass is 10.9. The molecule has 9 nitrogen and oxygen atoms in total. The molecule has 0 bridgehead atoms. The molecule has 3 N–H and O–H groups in total. The third-order valence-corrected chi connectivity index (χ3v) is 1.31. The van der Waals surface area contributed by atoms with Crippen LogP contribution in [0.25, 0.3) is 0 Å². The van der Waals surface area contributed by atoms with Gasteiger partial charge in [0.1, 0.15) is 0 Å². The van der Waals surface area contributed by atoms with Crippen molar-refractivity contribution in [1.82, 2.24) is 35.8 Å². The number of aromatic amines is 2. The van der Waals surface area contributed by atoms with Gasteiger partial charge in [-0.2, -0.15) is 10.2 Å². The minimum atomic E-state index is 0.276. The summed E-state index contributed by atoms with van der Waals surface area (Å²) in [6, 6.07) is 0.276. The van der Waals surface area contributed by atoms with Crippen molar-refractivity contribution in [2.45, 2.75) is 6.92 Å². The summed E-state index contributed by atoms with van der Waals surface area (Å²) in [7, 11) is 0. The van der Waals surface area contributed by atoms with E-state index in [1.54, 1.807) is 0 Å². The minimum Gasteiger partial charge on any atom is -0.463 e. The van der Waals surface area contributed by atoms with Crippen molar-refractivity contribution in [1.29, 1.82) is 0 Å². The third kappa shape index (κ3) is 1.76. The molecule has 0 fully saturated rings. The minimum absolute atomic E-state index is 0.276. The number of rotatable bonds is 4. The first-order valence-corrected chi connectivity index (χ1v) is 3.94. The van der Waals surface area contributed by atoms with Crippen molar-refractivity contribution >= 4 is 11.9 Å². The topological polar surface area (TPSA) is 117 Å². The zero-order valence-corrected chi connectivity index (χ0v) is 7.35. The molecule has 74 valence electrons. The van der Waals surface area contributed by atoms with Gasteiger partial charge in [0.2, 0.25) is 5.95 Å². The number of nitrogens with zero attached hydrogens (tertiary/aromatic N) is 5. The van der Waals surface area contributed by atoms with Crippen LogP contribution in [0, 0.1) is 0 Å². The third-order valence-electron chi connectivity index (χ3n) is 1.31. The Bertz CT molecular complexity index is 380. The summed E-state index contributed by atoms with van der Waals surface area (Å²) < 4.78 is 5.05. The smallest absolute Gasteiger partial charge is 0.337 e. The van der Waals surface area contributed by atoms with E-state index in [0.29, 0.717) is 18.5 Å². The fraction of sp³-hybridized carbons (Fsp3) is 0.400. The zero-order chi connectivity index (χ0) is 9.80. The number of ether oxygens (including phenoxy) is 1. The van der Waals surface area contributed by atoms with Gasteiger partial charge in [-0.05, 0) is 12.1 Å². The number of nitrogens with one attached hydrogen (secondary N) is 3. The summed E-state index contributed by atoms with van der Waals surface area (Å²) in [5.41, 5.74) is 0. The summed E-state index contributed by atoms with van der Waals surface area (Å²) in [6.45, 7) is 2.36. The summed E-state index contributed by atoms with van der Waals surface area (Å²) >= 11 is 0. The molecule has 0 saturated carbocycles. The molecule has 0 unspecified atom stereocenters. The summed E-state index contributed by atoms with van der Waals surface area (Å²) in [6.07, 6.45) is 0. The van der Waals surface area contributed by atoms with Crippen LogP contribution in [0.4, 0.5) is 11.9 Å². The monoisotopic (exact) mass is 196 g/mol. The largest absolute Gasteiger partial charge is 0.463 e. The second-order valence-corrected chi connectivity index (χ2v) is 2.26. The molecule has 2 aromatic heterocycles. The number of hydrogen-bond donors (Lipinski definition) is 3. The molecular weight excluding hydrogens is 188 g/mol. The van der Waals surface area contributed by atoms with E-state index in [0.717, 1.165) is 0 Å². The van der Waals surface area contributed by atoms with Gasteiger partial charge in [-0.25, -0.2) is 5.10 Å². The number of aromatic nitrogens is 7. The first kappa shape index (κ1) is 8.41. The number of anilines is 2. The van der Waals surface area contributed by atoms with E-state index in [2.05, 4.69) is 41.1 Å². The molecule has 0 saturated heterocycles. The first-order chi connectivity index (χ1) is 6.88. The molecule has 0 aromatic carbocycles. The van der Waals surface area contributed by atoms with Crippen molar-refractivity contribution in [3.05, 3.63) is 0 Å². The second kappa shape index (κ2) is 3.68. The second-order valence-electron chi connectivity index (χ2n) is 2.26. The van der Waals surface area contributed by atoms with E-state index in [1.165, 1.54) is 0 Å². The molecule has 0 amide bonds. The van der Waals surface area contributed by atoms with E-state index < -0.39 is 0 Å². The Morgan fingerprint density at radius 1 is 1.43 bits per heavy atom. The highest BCUT2D eigenvalue weighted by Gasteiger charge is 2.05. The van der Waals surface area contributed by atoms with Crippen LogP contribution in [-0.2, 0) is 0 Å². The van der Waals surface area contributed by atoms with E-state index in [4.69, 9.17) is 4.74 Å². The average molecular weight is 196 g/mol. The molecule has 2 heterocycles. The molecule has 2 aromatic rings. The van der Waals surface area contributed by atoms with Gasteiger partial charge in [-0.1, -0.05) is 5.10 Å². The lowest BCUT2D eigenvalue weighted by Gasteiger charge is -1.92. The molecule has 14 heavy (non-hydrogen) atoms. The van der Waals surface area contributed by atoms with Crippen molar-refractivity contribution in [2.24, 2.45) is 0 Å². The van der Waals surface area contributed by atoms with Gasteiger partial charge in [0, 0.05) is 0 Å². The van der Waals surface area contributed by atoms with Crippen LogP contribution in [0.3, 0.4) is 0 Å². The van der Waals surface area contributed by atoms with Crippen LogP contribution < -0.4 is 10.1 Å². The highest BCUT2D eigenvalue weighted by molar-refractivity contribution is 5.40. The Morgan fingerprint density at radius 3 is 3.07 bits per heavy atom. The predicted molar refractivity (Wildman–Crippen MR) is 45.0 cm³/mol. The average Bonchev–Trinajstić information content (AvgIpc) is 2.79. The molecule has 2 rings (SSSR count). The standard InChI is InChI=1S/C5H8N8O/c1-2-14-5-7-3(8-11-5)6-4-9-12-13-10-4/h2H2,1H3,(H3,6,7,8,9,10,11,12,13). The lowest BCUT2D eigenvalue weighted by Crippen LogP contribution is -1.95. The highest BCUT2D eigenvalue weighted by atomic mass is 16.5. The SMILES string of the molecule is CCOc1n[nH]c(Nc2nn[nH]n2)n1. The Labute approximate surface area is 78.3 Å². The van der Waals surface area contributed by atoms with Crippen LogP contribution in [0.15, 0.2) is 0 Å². The van der Waals surface area contributed by atoms with Gasteiger partial charge in [-0.3, -0.25) is 5.32 Å². The Hall–Kier alpha value is -2.19. The van der Waals surface area contributed by atoms with Gasteiger partial charge in [-0.15, -0.1) is 10.2 Å². The summed E-state index contributed by atoms with van der Waals surface area (Å²) in [4.78, 5) is 3.95. The van der Waals surface area contributed by atoms with E-state index in [9.17, 15) is 0 Å². The van der Waals surface area contributed by atoms with E-state index in [1.807, 2.05) is 6.92 Å². The number of hydrogen-bond acceptors (Lipinski definition) is 7. The van der Waals surface area contributed by atoms with Gasteiger partial charge in [0.25, 0.3) is 5.95 Å². The molecule has 0 atom stereocenters. The van der Waals surface area contributed by atoms with Gasteiger partial charge < -0.3 is 4.74 Å². The van der Waals surface area contributed by atoms with E-state index >= 15 is 0 Å². The summed E-state index contributed by atoms with van der Waals surface area (Å²) in [5, 5.41) is 22.2.